The summed E-state index contributed by atoms with van der Waals surface area (Å²) in [5.74, 6) is 1.51. The molecular formula is C14H20N2O. The molecule has 0 saturated heterocycles. The molecule has 1 aromatic rings. The Hall–Kier alpha value is -1.35. The standard InChI is InChI=1S/C14H20N2O/c1-17-14-13(8-5-9-16-14)11-15-10-12-6-3-2-4-7-12/h2-3,5,8-9,12,15H,4,6-7,10-11H2,1H3. The molecule has 0 saturated carbocycles. The largest absolute Gasteiger partial charge is 0.481 e. The minimum absolute atomic E-state index is 0.725. The van der Waals surface area contributed by atoms with Gasteiger partial charge in [-0.15, -0.1) is 0 Å². The smallest absolute Gasteiger partial charge is 0.217 e. The SMILES string of the molecule is COc1ncccc1CNCC1CC=CCC1. The van der Waals surface area contributed by atoms with E-state index in [9.17, 15) is 0 Å². The van der Waals surface area contributed by atoms with Crippen molar-refractivity contribution in [3.63, 3.8) is 0 Å². The summed E-state index contributed by atoms with van der Waals surface area (Å²) in [5.41, 5.74) is 1.13. The Morgan fingerprint density at radius 3 is 3.18 bits per heavy atom. The van der Waals surface area contributed by atoms with E-state index in [-0.39, 0.29) is 0 Å². The van der Waals surface area contributed by atoms with Gasteiger partial charge in [0.05, 0.1) is 7.11 Å². The van der Waals surface area contributed by atoms with Crippen molar-refractivity contribution in [1.29, 1.82) is 0 Å². The lowest BCUT2D eigenvalue weighted by Gasteiger charge is -2.18. The average molecular weight is 232 g/mol. The Kier molecular flexibility index (Phi) is 4.56. The Morgan fingerprint density at radius 2 is 2.41 bits per heavy atom. The average Bonchev–Trinajstić information content (AvgIpc) is 2.40. The highest BCUT2D eigenvalue weighted by Gasteiger charge is 2.09. The van der Waals surface area contributed by atoms with Crippen LogP contribution in [-0.2, 0) is 6.54 Å². The van der Waals surface area contributed by atoms with Crippen LogP contribution in [0.4, 0.5) is 0 Å². The Balaban J connectivity index is 1.79. The first-order valence-electron chi connectivity index (χ1n) is 6.23. The van der Waals surface area contributed by atoms with Gasteiger partial charge < -0.3 is 10.1 Å². The Bertz CT molecular complexity index is 376. The van der Waals surface area contributed by atoms with Crippen molar-refractivity contribution in [2.75, 3.05) is 13.7 Å². The molecule has 1 atom stereocenters. The van der Waals surface area contributed by atoms with Gasteiger partial charge in [0, 0.05) is 18.3 Å². The monoisotopic (exact) mass is 232 g/mol. The molecule has 0 spiro atoms. The van der Waals surface area contributed by atoms with Crippen LogP contribution in [0.25, 0.3) is 0 Å². The predicted molar refractivity (Wildman–Crippen MR) is 69.0 cm³/mol. The molecule has 1 heterocycles. The second-order valence-electron chi connectivity index (χ2n) is 4.45. The Labute approximate surface area is 103 Å². The van der Waals surface area contributed by atoms with Crippen LogP contribution in [0.5, 0.6) is 5.88 Å². The third kappa shape index (κ3) is 3.56. The lowest BCUT2D eigenvalue weighted by Crippen LogP contribution is -2.23. The minimum atomic E-state index is 0.725. The highest BCUT2D eigenvalue weighted by atomic mass is 16.5. The van der Waals surface area contributed by atoms with E-state index < -0.39 is 0 Å². The molecule has 0 aliphatic heterocycles. The summed E-state index contributed by atoms with van der Waals surface area (Å²) in [4.78, 5) is 4.19. The molecule has 1 N–H and O–H groups in total. The number of rotatable bonds is 5. The van der Waals surface area contributed by atoms with Gasteiger partial charge in [-0.05, 0) is 37.8 Å². The fraction of sp³-hybridized carbons (Fsp3) is 0.500. The van der Waals surface area contributed by atoms with Gasteiger partial charge in [-0.25, -0.2) is 4.98 Å². The minimum Gasteiger partial charge on any atom is -0.481 e. The number of nitrogens with one attached hydrogen (secondary N) is 1. The van der Waals surface area contributed by atoms with Crippen LogP contribution in [-0.4, -0.2) is 18.6 Å². The zero-order valence-corrected chi connectivity index (χ0v) is 10.4. The molecule has 3 heteroatoms. The van der Waals surface area contributed by atoms with Crippen LogP contribution in [0.2, 0.25) is 0 Å². The third-order valence-electron chi connectivity index (χ3n) is 3.17. The fourth-order valence-electron chi connectivity index (χ4n) is 2.20. The zero-order valence-electron chi connectivity index (χ0n) is 10.4. The molecule has 1 aliphatic rings. The van der Waals surface area contributed by atoms with Gasteiger partial charge in [0.2, 0.25) is 5.88 Å². The first-order chi connectivity index (χ1) is 8.40. The van der Waals surface area contributed by atoms with Gasteiger partial charge in [0.15, 0.2) is 0 Å². The molecule has 0 fully saturated rings. The third-order valence-corrected chi connectivity index (χ3v) is 3.17. The summed E-state index contributed by atoms with van der Waals surface area (Å²) < 4.78 is 5.23. The number of methoxy groups -OCH3 is 1. The summed E-state index contributed by atoms with van der Waals surface area (Å²) in [7, 11) is 1.66. The van der Waals surface area contributed by atoms with E-state index in [1.165, 1.54) is 19.3 Å². The summed E-state index contributed by atoms with van der Waals surface area (Å²) in [6, 6.07) is 4.00. The van der Waals surface area contributed by atoms with E-state index in [2.05, 4.69) is 28.5 Å². The first kappa shape index (κ1) is 12.1. The molecule has 0 radical (unpaired) electrons. The van der Waals surface area contributed by atoms with Crippen molar-refractivity contribution < 1.29 is 4.74 Å². The van der Waals surface area contributed by atoms with Crippen LogP contribution in [0.3, 0.4) is 0 Å². The first-order valence-corrected chi connectivity index (χ1v) is 6.23. The quantitative estimate of drug-likeness (QED) is 0.792. The number of hydrogen-bond acceptors (Lipinski definition) is 3. The highest BCUT2D eigenvalue weighted by Crippen LogP contribution is 2.18. The number of ether oxygens (including phenoxy) is 1. The molecular weight excluding hydrogens is 212 g/mol. The van der Waals surface area contributed by atoms with Crippen LogP contribution in [0.15, 0.2) is 30.5 Å². The molecule has 3 nitrogen and oxygen atoms in total. The van der Waals surface area contributed by atoms with Crippen molar-refractivity contribution in [3.05, 3.63) is 36.0 Å². The van der Waals surface area contributed by atoms with E-state index in [0.717, 1.165) is 30.5 Å². The molecule has 1 aromatic heterocycles. The van der Waals surface area contributed by atoms with Crippen LogP contribution >= 0.6 is 0 Å². The van der Waals surface area contributed by atoms with Gasteiger partial charge >= 0.3 is 0 Å². The van der Waals surface area contributed by atoms with Gasteiger partial charge in [-0.3, -0.25) is 0 Å². The highest BCUT2D eigenvalue weighted by molar-refractivity contribution is 5.24. The summed E-state index contributed by atoms with van der Waals surface area (Å²) in [5, 5.41) is 3.49. The van der Waals surface area contributed by atoms with Crippen molar-refractivity contribution >= 4 is 0 Å². The second kappa shape index (κ2) is 6.40. The van der Waals surface area contributed by atoms with E-state index >= 15 is 0 Å². The Morgan fingerprint density at radius 1 is 1.47 bits per heavy atom. The second-order valence-corrected chi connectivity index (χ2v) is 4.45. The van der Waals surface area contributed by atoms with Gasteiger partial charge in [0.1, 0.15) is 0 Å². The maximum absolute atomic E-state index is 5.23. The number of nitrogens with zero attached hydrogens (tertiary/aromatic N) is 1. The topological polar surface area (TPSA) is 34.1 Å². The fourth-order valence-corrected chi connectivity index (χ4v) is 2.20. The van der Waals surface area contributed by atoms with Gasteiger partial charge in [-0.2, -0.15) is 0 Å². The molecule has 2 rings (SSSR count). The molecule has 0 amide bonds. The van der Waals surface area contributed by atoms with E-state index in [1.54, 1.807) is 13.3 Å². The summed E-state index contributed by atoms with van der Waals surface area (Å²) in [6.45, 7) is 1.90. The van der Waals surface area contributed by atoms with E-state index in [0.29, 0.717) is 0 Å². The normalized spacial score (nSPS) is 19.2. The molecule has 0 bridgehead atoms. The predicted octanol–water partition coefficient (Wildman–Crippen LogP) is 2.54. The van der Waals surface area contributed by atoms with Gasteiger partial charge in [-0.1, -0.05) is 18.2 Å². The molecule has 17 heavy (non-hydrogen) atoms. The van der Waals surface area contributed by atoms with E-state index in [1.807, 2.05) is 6.07 Å². The van der Waals surface area contributed by atoms with Gasteiger partial charge in [0.25, 0.3) is 0 Å². The maximum Gasteiger partial charge on any atom is 0.217 e. The molecule has 0 aromatic carbocycles. The summed E-state index contributed by atoms with van der Waals surface area (Å²) >= 11 is 0. The van der Waals surface area contributed by atoms with Crippen molar-refractivity contribution in [3.8, 4) is 5.88 Å². The number of hydrogen-bond donors (Lipinski definition) is 1. The van der Waals surface area contributed by atoms with Crippen molar-refractivity contribution in [2.45, 2.75) is 25.8 Å². The van der Waals surface area contributed by atoms with Crippen LogP contribution in [0, 0.1) is 5.92 Å². The number of allylic oxidation sites excluding steroid dienone is 2. The van der Waals surface area contributed by atoms with Crippen molar-refractivity contribution in [1.82, 2.24) is 10.3 Å². The maximum atomic E-state index is 5.23. The lowest BCUT2D eigenvalue weighted by molar-refractivity contribution is 0.387. The van der Waals surface area contributed by atoms with Crippen molar-refractivity contribution in [2.24, 2.45) is 5.92 Å². The lowest BCUT2D eigenvalue weighted by atomic mass is 9.94. The number of pyridine rings is 1. The van der Waals surface area contributed by atoms with Crippen LogP contribution in [0.1, 0.15) is 24.8 Å². The zero-order chi connectivity index (χ0) is 11.9. The number of aromatic nitrogens is 1. The molecule has 92 valence electrons. The molecule has 1 unspecified atom stereocenters. The summed E-state index contributed by atoms with van der Waals surface area (Å²) in [6.07, 6.45) is 10.1. The van der Waals surface area contributed by atoms with Crippen LogP contribution < -0.4 is 10.1 Å². The molecule has 1 aliphatic carbocycles. The van der Waals surface area contributed by atoms with E-state index in [4.69, 9.17) is 4.74 Å².